The van der Waals surface area contributed by atoms with Gasteiger partial charge in [-0.05, 0) is 26.0 Å². The minimum atomic E-state index is -4.42. The van der Waals surface area contributed by atoms with Crippen LogP contribution in [0.2, 0.25) is 0 Å². The van der Waals surface area contributed by atoms with Crippen LogP contribution in [-0.4, -0.2) is 37.1 Å². The first kappa shape index (κ1) is 17.1. The first-order chi connectivity index (χ1) is 9.84. The summed E-state index contributed by atoms with van der Waals surface area (Å²) >= 11 is 0. The highest BCUT2D eigenvalue weighted by Crippen LogP contribution is 2.33. The molecular formula is C13H20F3N5. The predicted octanol–water partition coefficient (Wildman–Crippen LogP) is 2.09. The van der Waals surface area contributed by atoms with Crippen LogP contribution in [0.3, 0.4) is 0 Å². The SMILES string of the molecule is CN=C(NCCNc1ncccc1C(F)(F)F)NC(C)C. The normalized spacial score (nSPS) is 12.4. The van der Waals surface area contributed by atoms with Crippen LogP contribution in [-0.2, 0) is 6.18 Å². The van der Waals surface area contributed by atoms with Crippen molar-refractivity contribution in [2.45, 2.75) is 26.1 Å². The Morgan fingerprint density at radius 2 is 2.05 bits per heavy atom. The lowest BCUT2D eigenvalue weighted by Gasteiger charge is -2.16. The summed E-state index contributed by atoms with van der Waals surface area (Å²) in [4.78, 5) is 7.73. The Morgan fingerprint density at radius 3 is 2.62 bits per heavy atom. The molecule has 0 spiro atoms. The number of aromatic nitrogens is 1. The third-order valence-corrected chi connectivity index (χ3v) is 2.47. The summed E-state index contributed by atoms with van der Waals surface area (Å²) in [5, 5.41) is 8.75. The average Bonchev–Trinajstić information content (AvgIpc) is 2.41. The van der Waals surface area contributed by atoms with Gasteiger partial charge < -0.3 is 16.0 Å². The monoisotopic (exact) mass is 303 g/mol. The lowest BCUT2D eigenvalue weighted by Crippen LogP contribution is -2.42. The molecule has 8 heteroatoms. The van der Waals surface area contributed by atoms with Crippen molar-refractivity contribution in [3.8, 4) is 0 Å². The smallest absolute Gasteiger partial charge is 0.368 e. The molecule has 0 fully saturated rings. The Bertz CT molecular complexity index is 471. The number of hydrogen-bond acceptors (Lipinski definition) is 3. The minimum Gasteiger partial charge on any atom is -0.368 e. The fourth-order valence-corrected chi connectivity index (χ4v) is 1.60. The van der Waals surface area contributed by atoms with E-state index in [-0.39, 0.29) is 11.9 Å². The molecule has 0 aromatic carbocycles. The Kier molecular flexibility index (Phi) is 6.26. The van der Waals surface area contributed by atoms with E-state index < -0.39 is 11.7 Å². The topological polar surface area (TPSA) is 61.3 Å². The average molecular weight is 303 g/mol. The predicted molar refractivity (Wildman–Crippen MR) is 77.4 cm³/mol. The van der Waals surface area contributed by atoms with Crippen LogP contribution in [0.25, 0.3) is 0 Å². The molecule has 5 nitrogen and oxygen atoms in total. The van der Waals surface area contributed by atoms with Crippen molar-refractivity contribution >= 4 is 11.8 Å². The van der Waals surface area contributed by atoms with E-state index in [4.69, 9.17) is 0 Å². The number of anilines is 1. The van der Waals surface area contributed by atoms with Crippen LogP contribution >= 0.6 is 0 Å². The van der Waals surface area contributed by atoms with Gasteiger partial charge in [0.05, 0.1) is 5.56 Å². The lowest BCUT2D eigenvalue weighted by molar-refractivity contribution is -0.137. The van der Waals surface area contributed by atoms with E-state index in [1.54, 1.807) is 7.05 Å². The molecule has 0 saturated carbocycles. The van der Waals surface area contributed by atoms with Crippen LogP contribution < -0.4 is 16.0 Å². The maximum atomic E-state index is 12.8. The number of rotatable bonds is 5. The Labute approximate surface area is 122 Å². The van der Waals surface area contributed by atoms with Crippen LogP contribution in [0.5, 0.6) is 0 Å². The molecule has 1 aromatic heterocycles. The molecule has 0 aliphatic heterocycles. The Balaban J connectivity index is 2.50. The molecule has 21 heavy (non-hydrogen) atoms. The fourth-order valence-electron chi connectivity index (χ4n) is 1.60. The second kappa shape index (κ2) is 7.70. The van der Waals surface area contributed by atoms with E-state index in [0.29, 0.717) is 19.0 Å². The highest BCUT2D eigenvalue weighted by atomic mass is 19.4. The van der Waals surface area contributed by atoms with Crippen LogP contribution in [0.15, 0.2) is 23.3 Å². The summed E-state index contributed by atoms with van der Waals surface area (Å²) in [5.41, 5.74) is -0.769. The van der Waals surface area contributed by atoms with Crippen molar-refractivity contribution in [2.24, 2.45) is 4.99 Å². The number of guanidine groups is 1. The van der Waals surface area contributed by atoms with Gasteiger partial charge in [0.25, 0.3) is 0 Å². The molecule has 1 heterocycles. The van der Waals surface area contributed by atoms with Crippen LogP contribution in [0.4, 0.5) is 19.0 Å². The first-order valence-electron chi connectivity index (χ1n) is 6.58. The molecule has 0 unspecified atom stereocenters. The highest BCUT2D eigenvalue weighted by Gasteiger charge is 2.33. The quantitative estimate of drug-likeness (QED) is 0.443. The number of nitrogens with zero attached hydrogens (tertiary/aromatic N) is 2. The van der Waals surface area contributed by atoms with Gasteiger partial charge in [0.2, 0.25) is 0 Å². The number of aliphatic imine (C=N–C) groups is 1. The van der Waals surface area contributed by atoms with E-state index in [2.05, 4.69) is 25.9 Å². The molecule has 118 valence electrons. The number of alkyl halides is 3. The van der Waals surface area contributed by atoms with Crippen LogP contribution in [0, 0.1) is 0 Å². The fraction of sp³-hybridized carbons (Fsp3) is 0.538. The second-order valence-corrected chi connectivity index (χ2v) is 4.62. The molecule has 0 aliphatic rings. The van der Waals surface area contributed by atoms with Crippen molar-refractivity contribution in [3.63, 3.8) is 0 Å². The standard InChI is InChI=1S/C13H20F3N5/c1-9(2)21-12(17-3)20-8-7-19-11-10(13(14,15)16)5-4-6-18-11/h4-6,9H,7-8H2,1-3H3,(H,18,19)(H2,17,20,21). The van der Waals surface area contributed by atoms with Crippen molar-refractivity contribution in [1.29, 1.82) is 0 Å². The van der Waals surface area contributed by atoms with Crippen molar-refractivity contribution in [1.82, 2.24) is 15.6 Å². The maximum absolute atomic E-state index is 12.8. The number of pyridine rings is 1. The molecule has 0 bridgehead atoms. The van der Waals surface area contributed by atoms with Gasteiger partial charge >= 0.3 is 6.18 Å². The molecular weight excluding hydrogens is 283 g/mol. The third kappa shape index (κ3) is 5.88. The van der Waals surface area contributed by atoms with E-state index in [1.165, 1.54) is 12.3 Å². The zero-order chi connectivity index (χ0) is 15.9. The summed E-state index contributed by atoms with van der Waals surface area (Å²) in [6.07, 6.45) is -3.09. The molecule has 0 atom stereocenters. The van der Waals surface area contributed by atoms with E-state index in [0.717, 1.165) is 6.07 Å². The van der Waals surface area contributed by atoms with Crippen molar-refractivity contribution in [3.05, 3.63) is 23.9 Å². The summed E-state index contributed by atoms with van der Waals surface area (Å²) in [6.45, 7) is 4.64. The summed E-state index contributed by atoms with van der Waals surface area (Å²) < 4.78 is 38.3. The number of hydrogen-bond donors (Lipinski definition) is 3. The van der Waals surface area contributed by atoms with Gasteiger partial charge in [0.1, 0.15) is 5.82 Å². The summed E-state index contributed by atoms with van der Waals surface area (Å²) in [7, 11) is 1.63. The molecule has 0 amide bonds. The van der Waals surface area contributed by atoms with Crippen LogP contribution in [0.1, 0.15) is 19.4 Å². The van der Waals surface area contributed by atoms with E-state index in [1.807, 2.05) is 13.8 Å². The highest BCUT2D eigenvalue weighted by molar-refractivity contribution is 5.79. The number of nitrogens with one attached hydrogen (secondary N) is 3. The zero-order valence-corrected chi connectivity index (χ0v) is 12.3. The van der Waals surface area contributed by atoms with Gasteiger partial charge in [0, 0.05) is 32.4 Å². The molecule has 0 saturated heterocycles. The molecule has 1 aromatic rings. The van der Waals surface area contributed by atoms with Gasteiger partial charge in [-0.2, -0.15) is 13.2 Å². The van der Waals surface area contributed by atoms with E-state index >= 15 is 0 Å². The van der Waals surface area contributed by atoms with Gasteiger partial charge in [-0.1, -0.05) is 0 Å². The van der Waals surface area contributed by atoms with Crippen molar-refractivity contribution in [2.75, 3.05) is 25.5 Å². The Hall–Kier alpha value is -1.99. The molecule has 1 rings (SSSR count). The van der Waals surface area contributed by atoms with Gasteiger partial charge in [-0.25, -0.2) is 4.98 Å². The Morgan fingerprint density at radius 1 is 1.33 bits per heavy atom. The van der Waals surface area contributed by atoms with Gasteiger partial charge in [-0.3, -0.25) is 4.99 Å². The molecule has 0 aliphatic carbocycles. The zero-order valence-electron chi connectivity index (χ0n) is 12.3. The lowest BCUT2D eigenvalue weighted by atomic mass is 10.2. The molecule has 0 radical (unpaired) electrons. The third-order valence-electron chi connectivity index (χ3n) is 2.47. The van der Waals surface area contributed by atoms with Gasteiger partial charge in [-0.15, -0.1) is 0 Å². The largest absolute Gasteiger partial charge is 0.419 e. The van der Waals surface area contributed by atoms with Gasteiger partial charge in [0.15, 0.2) is 5.96 Å². The minimum absolute atomic E-state index is 0.168. The van der Waals surface area contributed by atoms with E-state index in [9.17, 15) is 13.2 Å². The second-order valence-electron chi connectivity index (χ2n) is 4.62. The maximum Gasteiger partial charge on any atom is 0.419 e. The molecule has 3 N–H and O–H groups in total. The summed E-state index contributed by atoms with van der Waals surface area (Å²) in [6, 6.07) is 2.49. The number of halogens is 3. The first-order valence-corrected chi connectivity index (χ1v) is 6.58. The van der Waals surface area contributed by atoms with Crippen molar-refractivity contribution < 1.29 is 13.2 Å². The summed E-state index contributed by atoms with van der Waals surface area (Å²) in [5.74, 6) is 0.433.